The van der Waals surface area contributed by atoms with Crippen molar-refractivity contribution in [1.82, 2.24) is 15.3 Å². The minimum absolute atomic E-state index is 0. The molecule has 2 aliphatic rings. The number of piperazine rings is 1. The fourth-order valence-electron chi connectivity index (χ4n) is 3.05. The van der Waals surface area contributed by atoms with Crippen molar-refractivity contribution >= 4 is 5.82 Å². The second-order valence-corrected chi connectivity index (χ2v) is 6.62. The largest absolute Gasteiger partial charge is 0.488 e. The van der Waals surface area contributed by atoms with E-state index in [-0.39, 0.29) is 1.43 Å². The van der Waals surface area contributed by atoms with E-state index in [0.717, 1.165) is 55.7 Å². The summed E-state index contributed by atoms with van der Waals surface area (Å²) in [7, 11) is 0. The first-order valence-corrected chi connectivity index (χ1v) is 8.10. The Labute approximate surface area is 128 Å². The third kappa shape index (κ3) is 2.71. The highest BCUT2D eigenvalue weighted by molar-refractivity contribution is 5.57. The van der Waals surface area contributed by atoms with Gasteiger partial charge in [0, 0.05) is 39.4 Å². The molecule has 1 saturated heterocycles. The number of nitrogens with zero attached hydrogens (tertiary/aromatic N) is 3. The molecular weight excluding hydrogens is 264 g/mol. The summed E-state index contributed by atoms with van der Waals surface area (Å²) in [6, 6.07) is 0.481. The first-order chi connectivity index (χ1) is 10.1. The zero-order valence-corrected chi connectivity index (χ0v) is 13.5. The predicted octanol–water partition coefficient (Wildman–Crippen LogP) is 2.53. The average molecular weight is 292 g/mol. The summed E-state index contributed by atoms with van der Waals surface area (Å²) in [6.07, 6.45) is 1.04. The van der Waals surface area contributed by atoms with Crippen LogP contribution in [0.1, 0.15) is 58.9 Å². The summed E-state index contributed by atoms with van der Waals surface area (Å²) in [5, 5.41) is 3.48. The van der Waals surface area contributed by atoms with E-state index in [0.29, 0.717) is 17.9 Å². The Bertz CT molecular complexity index is 521. The van der Waals surface area contributed by atoms with Gasteiger partial charge in [0.25, 0.3) is 0 Å². The van der Waals surface area contributed by atoms with Gasteiger partial charge in [-0.05, 0) is 5.92 Å². The van der Waals surface area contributed by atoms with Gasteiger partial charge in [0.15, 0.2) is 11.6 Å². The smallest absolute Gasteiger partial charge is 0.183 e. The van der Waals surface area contributed by atoms with E-state index >= 15 is 0 Å². The van der Waals surface area contributed by atoms with E-state index in [2.05, 4.69) is 37.9 Å². The lowest BCUT2D eigenvalue weighted by Crippen LogP contribution is -2.51. The number of nitrogens with one attached hydrogen (secondary N) is 1. The normalized spacial score (nSPS) is 21.8. The molecule has 0 bridgehead atoms. The summed E-state index contributed by atoms with van der Waals surface area (Å²) in [5.74, 6) is 3.54. The van der Waals surface area contributed by atoms with E-state index < -0.39 is 0 Å². The molecule has 0 spiro atoms. The summed E-state index contributed by atoms with van der Waals surface area (Å²) in [4.78, 5) is 12.1. The molecule has 118 valence electrons. The second-order valence-electron chi connectivity index (χ2n) is 6.62. The minimum atomic E-state index is 0. The molecule has 0 radical (unpaired) electrons. The third-order valence-electron chi connectivity index (χ3n) is 4.27. The molecule has 3 rings (SSSR count). The van der Waals surface area contributed by atoms with Crippen LogP contribution in [-0.4, -0.2) is 42.3 Å². The number of aromatic nitrogens is 2. The van der Waals surface area contributed by atoms with Gasteiger partial charge in [0.2, 0.25) is 0 Å². The molecule has 5 nitrogen and oxygen atoms in total. The number of fused-ring (bicyclic) bond motifs is 3. The Balaban J connectivity index is 0.00000176. The van der Waals surface area contributed by atoms with Crippen LogP contribution in [0.5, 0.6) is 5.75 Å². The van der Waals surface area contributed by atoms with E-state index in [1.165, 1.54) is 0 Å². The lowest BCUT2D eigenvalue weighted by molar-refractivity contribution is 0.298. The van der Waals surface area contributed by atoms with Gasteiger partial charge >= 0.3 is 0 Å². The Morgan fingerprint density at radius 2 is 2.05 bits per heavy atom. The van der Waals surface area contributed by atoms with Crippen LogP contribution in [0.15, 0.2) is 0 Å². The van der Waals surface area contributed by atoms with Crippen LogP contribution in [0, 0.1) is 0 Å². The quantitative estimate of drug-likeness (QED) is 0.908. The molecule has 21 heavy (non-hydrogen) atoms. The molecule has 2 aliphatic heterocycles. The maximum absolute atomic E-state index is 6.07. The van der Waals surface area contributed by atoms with Gasteiger partial charge in [-0.1, -0.05) is 27.7 Å². The van der Waals surface area contributed by atoms with Crippen molar-refractivity contribution in [3.05, 3.63) is 11.5 Å². The molecular formula is C16H28N4O. The van der Waals surface area contributed by atoms with Crippen LogP contribution in [0.2, 0.25) is 0 Å². The van der Waals surface area contributed by atoms with Gasteiger partial charge in [-0.2, -0.15) is 0 Å². The zero-order valence-electron chi connectivity index (χ0n) is 13.5. The molecule has 1 fully saturated rings. The van der Waals surface area contributed by atoms with Gasteiger partial charge in [0.05, 0.1) is 12.3 Å². The monoisotopic (exact) mass is 292 g/mol. The van der Waals surface area contributed by atoms with Crippen LogP contribution in [-0.2, 0) is 0 Å². The van der Waals surface area contributed by atoms with Gasteiger partial charge in [-0.15, -0.1) is 0 Å². The molecule has 1 atom stereocenters. The summed E-state index contributed by atoms with van der Waals surface area (Å²) in [5.41, 5.74) is 1.06. The molecule has 5 heteroatoms. The molecule has 0 amide bonds. The molecule has 3 heterocycles. The van der Waals surface area contributed by atoms with Crippen molar-refractivity contribution in [3.8, 4) is 5.75 Å². The highest BCUT2D eigenvalue weighted by Gasteiger charge is 2.32. The Kier molecular flexibility index (Phi) is 4.02. The maximum atomic E-state index is 6.07. The van der Waals surface area contributed by atoms with Crippen molar-refractivity contribution in [2.75, 3.05) is 31.1 Å². The molecule has 1 aromatic heterocycles. The first-order valence-electron chi connectivity index (χ1n) is 8.10. The lowest BCUT2D eigenvalue weighted by Gasteiger charge is -2.36. The Hall–Kier alpha value is -1.36. The molecule has 0 aromatic carbocycles. The second kappa shape index (κ2) is 5.79. The average Bonchev–Trinajstić information content (AvgIpc) is 2.65. The summed E-state index contributed by atoms with van der Waals surface area (Å²) < 4.78 is 6.07. The lowest BCUT2D eigenvalue weighted by atomic mass is 10.1. The van der Waals surface area contributed by atoms with Crippen molar-refractivity contribution in [2.24, 2.45) is 0 Å². The van der Waals surface area contributed by atoms with Crippen LogP contribution in [0.25, 0.3) is 0 Å². The van der Waals surface area contributed by atoms with E-state index in [1.807, 2.05) is 0 Å². The van der Waals surface area contributed by atoms with Crippen LogP contribution in [0.3, 0.4) is 0 Å². The van der Waals surface area contributed by atoms with Crippen molar-refractivity contribution in [3.63, 3.8) is 0 Å². The van der Waals surface area contributed by atoms with Crippen LogP contribution >= 0.6 is 0 Å². The number of hydrogen-bond acceptors (Lipinski definition) is 5. The highest BCUT2D eigenvalue weighted by atomic mass is 16.5. The maximum Gasteiger partial charge on any atom is 0.183 e. The van der Waals surface area contributed by atoms with Gasteiger partial charge in [-0.25, -0.2) is 9.97 Å². The van der Waals surface area contributed by atoms with E-state index in [1.54, 1.807) is 0 Å². The van der Waals surface area contributed by atoms with Gasteiger partial charge < -0.3 is 15.0 Å². The third-order valence-corrected chi connectivity index (χ3v) is 4.27. The highest BCUT2D eigenvalue weighted by Crippen LogP contribution is 2.38. The minimum Gasteiger partial charge on any atom is -0.488 e. The van der Waals surface area contributed by atoms with Crippen LogP contribution < -0.4 is 15.0 Å². The number of hydrogen-bond donors (Lipinski definition) is 1. The van der Waals surface area contributed by atoms with Crippen molar-refractivity contribution in [1.29, 1.82) is 0 Å². The van der Waals surface area contributed by atoms with E-state index in [9.17, 15) is 0 Å². The Morgan fingerprint density at radius 3 is 2.76 bits per heavy atom. The number of ether oxygens (including phenoxy) is 1. The van der Waals surface area contributed by atoms with E-state index in [4.69, 9.17) is 14.7 Å². The Morgan fingerprint density at radius 1 is 1.24 bits per heavy atom. The molecule has 1 aromatic rings. The van der Waals surface area contributed by atoms with Crippen molar-refractivity contribution < 1.29 is 6.16 Å². The standard InChI is InChI=1S/C16H26N4O.H2/c1-10(2)13-14-16(19-15(18-13)11(3)4)20-7-6-17-9-12(20)5-8-21-14;/h10-12,17H,5-9H2,1-4H3;1H. The fourth-order valence-corrected chi connectivity index (χ4v) is 3.05. The number of anilines is 1. The molecule has 0 aliphatic carbocycles. The SMILES string of the molecule is CC(C)c1nc(C(C)C)c2c(n1)N1CCNCC1CCO2.[HH]. The van der Waals surface area contributed by atoms with Crippen molar-refractivity contribution in [2.45, 2.75) is 52.0 Å². The fraction of sp³-hybridized carbons (Fsp3) is 0.750. The first kappa shape index (κ1) is 14.6. The topological polar surface area (TPSA) is 50.3 Å². The molecule has 1 unspecified atom stereocenters. The molecule has 0 saturated carbocycles. The van der Waals surface area contributed by atoms with Gasteiger partial charge in [-0.3, -0.25) is 0 Å². The van der Waals surface area contributed by atoms with Crippen LogP contribution in [0.4, 0.5) is 5.82 Å². The summed E-state index contributed by atoms with van der Waals surface area (Å²) in [6.45, 7) is 12.4. The zero-order chi connectivity index (χ0) is 15.0. The molecule has 1 N–H and O–H groups in total. The number of rotatable bonds is 2. The summed E-state index contributed by atoms with van der Waals surface area (Å²) >= 11 is 0. The predicted molar refractivity (Wildman–Crippen MR) is 86.4 cm³/mol. The van der Waals surface area contributed by atoms with Gasteiger partial charge in [0.1, 0.15) is 5.82 Å².